The number of benzene rings is 1. The first-order valence-corrected chi connectivity index (χ1v) is 5.48. The zero-order valence-corrected chi connectivity index (χ0v) is 10.4. The maximum atomic E-state index is 10.8. The Morgan fingerprint density at radius 3 is 2.80 bits per heavy atom. The zero-order chi connectivity index (χ0) is 11.4. The summed E-state index contributed by atoms with van der Waals surface area (Å²) in [5, 5.41) is 0. The van der Waals surface area contributed by atoms with Crippen molar-refractivity contribution in [1.82, 2.24) is 0 Å². The molecule has 3 nitrogen and oxygen atoms in total. The lowest BCUT2D eigenvalue weighted by atomic mass is 10.2. The largest absolute Gasteiger partial charge is 0.492 e. The Balaban J connectivity index is 2.62. The normalized spacial score (nSPS) is 12.2. The molecule has 82 valence electrons. The average Bonchev–Trinajstić information content (AvgIpc) is 2.15. The summed E-state index contributed by atoms with van der Waals surface area (Å²) in [6, 6.07) is 5.78. The Hall–Kier alpha value is -1.03. The van der Waals surface area contributed by atoms with Gasteiger partial charge in [-0.25, -0.2) is 0 Å². The van der Waals surface area contributed by atoms with Gasteiger partial charge in [0.05, 0.1) is 17.0 Å². The van der Waals surface area contributed by atoms with Crippen LogP contribution in [-0.4, -0.2) is 12.5 Å². The lowest BCUT2D eigenvalue weighted by Crippen LogP contribution is -2.25. The molecular weight excluding hydrogens is 258 g/mol. The molecule has 0 heterocycles. The topological polar surface area (TPSA) is 52.3 Å². The summed E-state index contributed by atoms with van der Waals surface area (Å²) < 4.78 is 6.36. The maximum absolute atomic E-state index is 10.8. The van der Waals surface area contributed by atoms with E-state index in [9.17, 15) is 4.79 Å². The van der Waals surface area contributed by atoms with Gasteiger partial charge in [0, 0.05) is 0 Å². The Morgan fingerprint density at radius 2 is 2.27 bits per heavy atom. The molecule has 1 aromatic carbocycles. The number of nitrogens with two attached hydrogens (primary N) is 1. The van der Waals surface area contributed by atoms with Crippen molar-refractivity contribution in [3.8, 4) is 5.75 Å². The van der Waals surface area contributed by atoms with E-state index in [1.165, 1.54) is 0 Å². The molecule has 1 amide bonds. The van der Waals surface area contributed by atoms with Crippen molar-refractivity contribution in [1.29, 1.82) is 0 Å². The van der Waals surface area contributed by atoms with Crippen LogP contribution in [0.2, 0.25) is 0 Å². The number of primary amides is 1. The van der Waals surface area contributed by atoms with Gasteiger partial charge in [-0.15, -0.1) is 0 Å². The summed E-state index contributed by atoms with van der Waals surface area (Å²) in [5.74, 6) is 0.102. The SMILES string of the molecule is Cc1ccc(OCC(C)C(N)=O)c(Br)c1. The molecule has 0 aromatic heterocycles. The van der Waals surface area contributed by atoms with Crippen molar-refractivity contribution >= 4 is 21.8 Å². The monoisotopic (exact) mass is 271 g/mol. The second kappa shape index (κ2) is 5.16. The van der Waals surface area contributed by atoms with Crippen LogP contribution in [-0.2, 0) is 4.79 Å². The fourth-order valence-corrected chi connectivity index (χ4v) is 1.63. The van der Waals surface area contributed by atoms with E-state index in [1.54, 1.807) is 6.92 Å². The van der Waals surface area contributed by atoms with E-state index in [1.807, 2.05) is 25.1 Å². The van der Waals surface area contributed by atoms with Gasteiger partial charge in [0.1, 0.15) is 5.75 Å². The van der Waals surface area contributed by atoms with E-state index in [4.69, 9.17) is 10.5 Å². The standard InChI is InChI=1S/C11H14BrNO2/c1-7-3-4-10(9(12)5-7)15-6-8(2)11(13)14/h3-5,8H,6H2,1-2H3,(H2,13,14). The van der Waals surface area contributed by atoms with Crippen LogP contribution in [0.3, 0.4) is 0 Å². The second-order valence-electron chi connectivity index (χ2n) is 3.55. The molecule has 0 bridgehead atoms. The van der Waals surface area contributed by atoms with Crippen molar-refractivity contribution in [2.75, 3.05) is 6.61 Å². The molecule has 0 saturated carbocycles. The number of rotatable bonds is 4. The van der Waals surface area contributed by atoms with E-state index >= 15 is 0 Å². The highest BCUT2D eigenvalue weighted by Crippen LogP contribution is 2.25. The van der Waals surface area contributed by atoms with Gasteiger partial charge in [0.15, 0.2) is 0 Å². The van der Waals surface area contributed by atoms with Gasteiger partial charge < -0.3 is 10.5 Å². The molecule has 0 saturated heterocycles. The second-order valence-corrected chi connectivity index (χ2v) is 4.40. The van der Waals surface area contributed by atoms with Crippen molar-refractivity contribution in [3.63, 3.8) is 0 Å². The van der Waals surface area contributed by atoms with Crippen molar-refractivity contribution in [3.05, 3.63) is 28.2 Å². The third-order valence-electron chi connectivity index (χ3n) is 2.06. The van der Waals surface area contributed by atoms with Crippen molar-refractivity contribution in [2.24, 2.45) is 11.7 Å². The quantitative estimate of drug-likeness (QED) is 0.914. The number of hydrogen-bond acceptors (Lipinski definition) is 2. The first kappa shape index (κ1) is 12.0. The first-order valence-electron chi connectivity index (χ1n) is 4.69. The molecule has 0 aliphatic rings. The van der Waals surface area contributed by atoms with Crippen LogP contribution in [0.4, 0.5) is 0 Å². The number of ether oxygens (including phenoxy) is 1. The summed E-state index contributed by atoms with van der Waals surface area (Å²) in [4.78, 5) is 10.8. The summed E-state index contributed by atoms with van der Waals surface area (Å²) in [7, 11) is 0. The molecule has 1 atom stereocenters. The first-order chi connectivity index (χ1) is 7.00. The fraction of sp³-hybridized carbons (Fsp3) is 0.364. The Morgan fingerprint density at radius 1 is 1.60 bits per heavy atom. The molecule has 0 fully saturated rings. The van der Waals surface area contributed by atoms with Crippen molar-refractivity contribution in [2.45, 2.75) is 13.8 Å². The Labute approximate surface area is 97.7 Å². The van der Waals surface area contributed by atoms with Gasteiger partial charge in [-0.3, -0.25) is 4.79 Å². The maximum Gasteiger partial charge on any atom is 0.223 e. The molecular formula is C11H14BrNO2. The molecule has 0 spiro atoms. The van der Waals surface area contributed by atoms with E-state index < -0.39 is 0 Å². The predicted molar refractivity (Wildman–Crippen MR) is 62.7 cm³/mol. The summed E-state index contributed by atoms with van der Waals surface area (Å²) in [6.07, 6.45) is 0. The molecule has 15 heavy (non-hydrogen) atoms. The molecule has 0 aliphatic carbocycles. The van der Waals surface area contributed by atoms with E-state index in [0.717, 1.165) is 15.8 Å². The molecule has 1 aromatic rings. The summed E-state index contributed by atoms with van der Waals surface area (Å²) in [6.45, 7) is 4.04. The van der Waals surface area contributed by atoms with Crippen LogP contribution in [0.1, 0.15) is 12.5 Å². The van der Waals surface area contributed by atoms with Crippen LogP contribution in [0.25, 0.3) is 0 Å². The smallest absolute Gasteiger partial charge is 0.223 e. The lowest BCUT2D eigenvalue weighted by Gasteiger charge is -2.11. The molecule has 1 rings (SSSR count). The van der Waals surface area contributed by atoms with Gasteiger partial charge in [-0.2, -0.15) is 0 Å². The van der Waals surface area contributed by atoms with Crippen LogP contribution < -0.4 is 10.5 Å². The molecule has 0 aliphatic heterocycles. The third kappa shape index (κ3) is 3.55. The number of carbonyl (C=O) groups is 1. The van der Waals surface area contributed by atoms with Gasteiger partial charge in [-0.05, 0) is 40.5 Å². The van der Waals surface area contributed by atoms with Gasteiger partial charge in [0.25, 0.3) is 0 Å². The number of carbonyl (C=O) groups excluding carboxylic acids is 1. The minimum absolute atomic E-state index is 0.279. The van der Waals surface area contributed by atoms with E-state index in [-0.39, 0.29) is 11.8 Å². The van der Waals surface area contributed by atoms with Crippen LogP contribution in [0.5, 0.6) is 5.75 Å². The highest BCUT2D eigenvalue weighted by molar-refractivity contribution is 9.10. The molecule has 1 unspecified atom stereocenters. The van der Waals surface area contributed by atoms with E-state index in [2.05, 4.69) is 15.9 Å². The fourth-order valence-electron chi connectivity index (χ4n) is 1.02. The predicted octanol–water partition coefficient (Wildman–Crippen LogP) is 2.26. The number of aryl methyl sites for hydroxylation is 1. The van der Waals surface area contributed by atoms with Gasteiger partial charge >= 0.3 is 0 Å². The molecule has 4 heteroatoms. The van der Waals surface area contributed by atoms with E-state index in [0.29, 0.717) is 6.61 Å². The minimum atomic E-state index is -0.349. The number of halogens is 1. The van der Waals surface area contributed by atoms with Gasteiger partial charge in [-0.1, -0.05) is 13.0 Å². The van der Waals surface area contributed by atoms with Crippen LogP contribution in [0.15, 0.2) is 22.7 Å². The highest BCUT2D eigenvalue weighted by Gasteiger charge is 2.10. The van der Waals surface area contributed by atoms with Crippen LogP contribution >= 0.6 is 15.9 Å². The minimum Gasteiger partial charge on any atom is -0.492 e. The summed E-state index contributed by atoms with van der Waals surface area (Å²) in [5.41, 5.74) is 6.28. The Bertz CT molecular complexity index is 366. The van der Waals surface area contributed by atoms with Crippen LogP contribution in [0, 0.1) is 12.8 Å². The zero-order valence-electron chi connectivity index (χ0n) is 8.79. The van der Waals surface area contributed by atoms with Crippen molar-refractivity contribution < 1.29 is 9.53 Å². The molecule has 0 radical (unpaired) electrons. The number of amides is 1. The summed E-state index contributed by atoms with van der Waals surface area (Å²) >= 11 is 3.39. The lowest BCUT2D eigenvalue weighted by molar-refractivity contribution is -0.122. The highest BCUT2D eigenvalue weighted by atomic mass is 79.9. The third-order valence-corrected chi connectivity index (χ3v) is 2.68. The molecule has 2 N–H and O–H groups in total. The Kier molecular flexibility index (Phi) is 4.15. The van der Waals surface area contributed by atoms with Gasteiger partial charge in [0.2, 0.25) is 5.91 Å². The number of hydrogen-bond donors (Lipinski definition) is 1. The average molecular weight is 272 g/mol.